The number of rotatable bonds is 7. The Balaban J connectivity index is 1.45. The fourth-order valence-electron chi connectivity index (χ4n) is 2.48. The van der Waals surface area contributed by atoms with Gasteiger partial charge in [0.25, 0.3) is 11.8 Å². The number of nitrogens with one attached hydrogen (secondary N) is 2. The molecule has 0 bridgehead atoms. The summed E-state index contributed by atoms with van der Waals surface area (Å²) in [6.07, 6.45) is 1.42. The molecule has 0 aliphatic rings. The maximum atomic E-state index is 12.1. The molecule has 7 nitrogen and oxygen atoms in total. The second-order valence-electron chi connectivity index (χ2n) is 6.45. The molecule has 2 N–H and O–H groups in total. The minimum atomic E-state index is -0.504. The number of amides is 2. The maximum Gasteiger partial charge on any atom is 0.343 e. The zero-order valence-electron chi connectivity index (χ0n) is 16.5. The molecule has 0 aliphatic heterocycles. The third kappa shape index (κ3) is 6.94. The molecule has 32 heavy (non-hydrogen) atoms. The molecule has 0 aliphatic carbocycles. The standard InChI is InChI=1S/C23H17Cl2N3O4/c24-18-8-6-16(7-9-18)23(31)32-20-10-4-15(5-11-20)13-27-28-21(29)14-26-22(30)17-2-1-3-19(25)12-17/h1-13H,14H2,(H,26,30)(H,28,29)/b27-13+. The van der Waals surface area contributed by atoms with Crippen LogP contribution in [0.3, 0.4) is 0 Å². The number of carbonyl (C=O) groups is 3. The Hall–Kier alpha value is -3.68. The Bertz CT molecular complexity index is 1150. The summed E-state index contributed by atoms with van der Waals surface area (Å²) < 4.78 is 5.29. The van der Waals surface area contributed by atoms with Crippen LogP contribution >= 0.6 is 23.2 Å². The summed E-state index contributed by atoms with van der Waals surface area (Å²) in [7, 11) is 0. The molecule has 2 amide bonds. The van der Waals surface area contributed by atoms with Crippen LogP contribution < -0.4 is 15.5 Å². The first kappa shape index (κ1) is 23.0. The molecule has 0 unspecified atom stereocenters. The third-order valence-electron chi connectivity index (χ3n) is 4.07. The average Bonchev–Trinajstić information content (AvgIpc) is 2.79. The van der Waals surface area contributed by atoms with E-state index in [2.05, 4.69) is 15.8 Å². The highest BCUT2D eigenvalue weighted by Crippen LogP contribution is 2.15. The quantitative estimate of drug-likeness (QED) is 0.235. The van der Waals surface area contributed by atoms with Gasteiger partial charge >= 0.3 is 5.97 Å². The highest BCUT2D eigenvalue weighted by molar-refractivity contribution is 6.31. The summed E-state index contributed by atoms with van der Waals surface area (Å²) in [5.41, 5.74) is 3.71. The van der Waals surface area contributed by atoms with E-state index in [1.54, 1.807) is 66.7 Å². The topological polar surface area (TPSA) is 96.9 Å². The van der Waals surface area contributed by atoms with Crippen LogP contribution in [0.25, 0.3) is 0 Å². The van der Waals surface area contributed by atoms with Gasteiger partial charge in [-0.15, -0.1) is 0 Å². The van der Waals surface area contributed by atoms with Gasteiger partial charge in [-0.25, -0.2) is 10.2 Å². The normalized spacial score (nSPS) is 10.6. The second-order valence-corrected chi connectivity index (χ2v) is 7.32. The largest absolute Gasteiger partial charge is 0.423 e. The van der Waals surface area contributed by atoms with Crippen molar-refractivity contribution in [1.29, 1.82) is 0 Å². The molecule has 0 atom stereocenters. The van der Waals surface area contributed by atoms with E-state index in [0.29, 0.717) is 32.5 Å². The monoisotopic (exact) mass is 469 g/mol. The van der Waals surface area contributed by atoms with Crippen LogP contribution in [0.4, 0.5) is 0 Å². The fourth-order valence-corrected chi connectivity index (χ4v) is 2.80. The van der Waals surface area contributed by atoms with Gasteiger partial charge < -0.3 is 10.1 Å². The molecule has 0 heterocycles. The van der Waals surface area contributed by atoms with Crippen molar-refractivity contribution < 1.29 is 19.1 Å². The Kier molecular flexibility index (Phi) is 7.96. The van der Waals surface area contributed by atoms with Crippen LogP contribution in [-0.4, -0.2) is 30.5 Å². The van der Waals surface area contributed by atoms with E-state index in [0.717, 1.165) is 0 Å². The molecule has 0 spiro atoms. The lowest BCUT2D eigenvalue weighted by Crippen LogP contribution is -2.34. The van der Waals surface area contributed by atoms with Crippen molar-refractivity contribution in [3.8, 4) is 5.75 Å². The van der Waals surface area contributed by atoms with Crippen molar-refractivity contribution in [3.63, 3.8) is 0 Å². The van der Waals surface area contributed by atoms with Gasteiger partial charge in [0.1, 0.15) is 5.75 Å². The van der Waals surface area contributed by atoms with Crippen molar-refractivity contribution in [2.45, 2.75) is 0 Å². The molecule has 0 aromatic heterocycles. The molecule has 0 saturated carbocycles. The predicted octanol–water partition coefficient (Wildman–Crippen LogP) is 4.09. The van der Waals surface area contributed by atoms with Gasteiger partial charge in [-0.05, 0) is 72.3 Å². The molecule has 0 fully saturated rings. The van der Waals surface area contributed by atoms with Crippen LogP contribution in [0.1, 0.15) is 26.3 Å². The number of ether oxygens (including phenoxy) is 1. The van der Waals surface area contributed by atoms with Crippen LogP contribution in [0.2, 0.25) is 10.0 Å². The average molecular weight is 470 g/mol. The molecular weight excluding hydrogens is 453 g/mol. The second kappa shape index (κ2) is 11.1. The van der Waals surface area contributed by atoms with Gasteiger partial charge in [0, 0.05) is 15.6 Å². The fraction of sp³-hybridized carbons (Fsp3) is 0.0435. The van der Waals surface area contributed by atoms with E-state index in [1.807, 2.05) is 0 Å². The number of hydrogen-bond acceptors (Lipinski definition) is 5. The zero-order valence-corrected chi connectivity index (χ0v) is 18.1. The SMILES string of the molecule is O=C(CNC(=O)c1cccc(Cl)c1)N/N=C/c1ccc(OC(=O)c2ccc(Cl)cc2)cc1. The maximum absolute atomic E-state index is 12.1. The van der Waals surface area contributed by atoms with Crippen molar-refractivity contribution in [1.82, 2.24) is 10.7 Å². The third-order valence-corrected chi connectivity index (χ3v) is 4.56. The van der Waals surface area contributed by atoms with Crippen molar-refractivity contribution in [2.75, 3.05) is 6.54 Å². The Morgan fingerprint density at radius 1 is 0.875 bits per heavy atom. The number of halogens is 2. The molecule has 0 radical (unpaired) electrons. The first-order valence-corrected chi connectivity index (χ1v) is 10.1. The first-order chi connectivity index (χ1) is 15.4. The van der Waals surface area contributed by atoms with E-state index in [9.17, 15) is 14.4 Å². The van der Waals surface area contributed by atoms with Crippen LogP contribution in [-0.2, 0) is 4.79 Å². The summed E-state index contributed by atoms with van der Waals surface area (Å²) >= 11 is 11.6. The molecule has 0 saturated heterocycles. The van der Waals surface area contributed by atoms with E-state index in [-0.39, 0.29) is 6.54 Å². The van der Waals surface area contributed by atoms with E-state index < -0.39 is 17.8 Å². The van der Waals surface area contributed by atoms with Crippen LogP contribution in [0.15, 0.2) is 77.9 Å². The number of esters is 1. The van der Waals surface area contributed by atoms with E-state index in [1.165, 1.54) is 12.3 Å². The minimum absolute atomic E-state index is 0.248. The predicted molar refractivity (Wildman–Crippen MR) is 122 cm³/mol. The number of carbonyl (C=O) groups excluding carboxylic acids is 3. The molecule has 9 heteroatoms. The Labute approximate surface area is 194 Å². The van der Waals surface area contributed by atoms with Gasteiger partial charge in [-0.1, -0.05) is 29.3 Å². The molecule has 162 valence electrons. The Morgan fingerprint density at radius 3 is 2.28 bits per heavy atom. The highest BCUT2D eigenvalue weighted by atomic mass is 35.5. The molecule has 3 aromatic carbocycles. The lowest BCUT2D eigenvalue weighted by Gasteiger charge is -2.05. The number of benzene rings is 3. The van der Waals surface area contributed by atoms with E-state index in [4.69, 9.17) is 27.9 Å². The summed E-state index contributed by atoms with van der Waals surface area (Å²) in [6.45, 7) is -0.248. The number of hydrazone groups is 1. The summed E-state index contributed by atoms with van der Waals surface area (Å²) in [5, 5.41) is 7.27. The molecule has 3 rings (SSSR count). The smallest absolute Gasteiger partial charge is 0.343 e. The van der Waals surface area contributed by atoms with Gasteiger partial charge in [0.2, 0.25) is 0 Å². The van der Waals surface area contributed by atoms with Crippen LogP contribution in [0, 0.1) is 0 Å². The van der Waals surface area contributed by atoms with Gasteiger partial charge in [0.05, 0.1) is 18.3 Å². The van der Waals surface area contributed by atoms with Gasteiger partial charge in [0.15, 0.2) is 0 Å². The lowest BCUT2D eigenvalue weighted by molar-refractivity contribution is -0.120. The summed E-state index contributed by atoms with van der Waals surface area (Å²) in [5.74, 6) is -1.06. The number of hydrogen-bond donors (Lipinski definition) is 2. The zero-order chi connectivity index (χ0) is 22.9. The van der Waals surface area contributed by atoms with Gasteiger partial charge in [-0.3, -0.25) is 9.59 Å². The molecule has 3 aromatic rings. The van der Waals surface area contributed by atoms with E-state index >= 15 is 0 Å². The van der Waals surface area contributed by atoms with Gasteiger partial charge in [-0.2, -0.15) is 5.10 Å². The number of nitrogens with zero attached hydrogens (tertiary/aromatic N) is 1. The lowest BCUT2D eigenvalue weighted by atomic mass is 10.2. The highest BCUT2D eigenvalue weighted by Gasteiger charge is 2.09. The first-order valence-electron chi connectivity index (χ1n) is 9.34. The van der Waals surface area contributed by atoms with Crippen LogP contribution in [0.5, 0.6) is 5.75 Å². The summed E-state index contributed by atoms with van der Waals surface area (Å²) in [6, 6.07) is 19.3. The summed E-state index contributed by atoms with van der Waals surface area (Å²) in [4.78, 5) is 35.9. The van der Waals surface area contributed by atoms with Crippen molar-refractivity contribution in [3.05, 3.63) is 99.5 Å². The Morgan fingerprint density at radius 2 is 1.59 bits per heavy atom. The minimum Gasteiger partial charge on any atom is -0.423 e. The van der Waals surface area contributed by atoms with Crippen molar-refractivity contribution >= 4 is 47.2 Å². The van der Waals surface area contributed by atoms with Crippen molar-refractivity contribution in [2.24, 2.45) is 5.10 Å². The molecular formula is C23H17Cl2N3O4.